The van der Waals surface area contributed by atoms with E-state index in [0.717, 1.165) is 16.5 Å². The second-order valence-electron chi connectivity index (χ2n) is 21.7. The molecule has 1 unspecified atom stereocenters. The van der Waals surface area contributed by atoms with E-state index >= 15 is 0 Å². The van der Waals surface area contributed by atoms with Crippen molar-refractivity contribution in [2.24, 2.45) is 11.3 Å². The van der Waals surface area contributed by atoms with Gasteiger partial charge in [-0.1, -0.05) is 0 Å². The monoisotopic (exact) mass is 932 g/mol. The van der Waals surface area contributed by atoms with Crippen LogP contribution in [-0.4, -0.2) is 3.21 Å². The summed E-state index contributed by atoms with van der Waals surface area (Å²) in [6.45, 7) is 38.3. The van der Waals surface area contributed by atoms with E-state index in [2.05, 4.69) is 196 Å². The van der Waals surface area contributed by atoms with Gasteiger partial charge in [-0.25, -0.2) is 0 Å². The summed E-state index contributed by atoms with van der Waals surface area (Å²) < 4.78 is 3.48. The minimum atomic E-state index is -3.16. The fourth-order valence-electron chi connectivity index (χ4n) is 9.01. The topological polar surface area (TPSA) is 0 Å². The first-order chi connectivity index (χ1) is 25.7. The largest absolute Gasteiger partial charge is 1.00 e. The van der Waals surface area contributed by atoms with E-state index in [1.165, 1.54) is 64.4 Å². The first kappa shape index (κ1) is 48.9. The molecule has 0 aromatic heterocycles. The number of fused-ring (bicyclic) bond motifs is 3. The van der Waals surface area contributed by atoms with Crippen molar-refractivity contribution in [1.82, 2.24) is 0 Å². The fourth-order valence-corrected chi connectivity index (χ4v) is 19.0. The van der Waals surface area contributed by atoms with Gasteiger partial charge in [0.05, 0.1) is 0 Å². The first-order valence-electron chi connectivity index (χ1n) is 20.8. The van der Waals surface area contributed by atoms with Crippen molar-refractivity contribution in [3.63, 3.8) is 0 Å². The molecular weight excluding hydrogens is 870 g/mol. The Hall–Kier alpha value is -1.73. The number of rotatable bonds is 5. The molecule has 2 aliphatic carbocycles. The van der Waals surface area contributed by atoms with Crippen molar-refractivity contribution in [1.29, 1.82) is 0 Å². The minimum absolute atomic E-state index is 0. The molecule has 0 bridgehead atoms. The van der Waals surface area contributed by atoms with E-state index in [4.69, 9.17) is 23.2 Å². The van der Waals surface area contributed by atoms with Crippen LogP contribution < -0.4 is 24.8 Å². The van der Waals surface area contributed by atoms with Crippen LogP contribution >= 0.6 is 23.2 Å². The van der Waals surface area contributed by atoms with E-state index in [1.54, 1.807) is 3.28 Å². The Bertz CT molecular complexity index is 2120. The molecular formula is C53H66Cl4Zr. The van der Waals surface area contributed by atoms with Gasteiger partial charge in [0.1, 0.15) is 0 Å². The predicted molar refractivity (Wildman–Crippen MR) is 244 cm³/mol. The second kappa shape index (κ2) is 17.2. The third-order valence-electron chi connectivity index (χ3n) is 12.1. The molecule has 0 saturated carbocycles. The molecule has 2 aliphatic rings. The molecule has 0 heterocycles. The Morgan fingerprint density at radius 1 is 0.517 bits per heavy atom. The standard InChI is InChI=1S/C29H41.C13H8Cl2.C11H17.2ClH.Zr/c1-26(2,3)22-14-18-13-19-15-23(27(4,5)6)25(29(10,11)12)17-21(19)20(18)16-24(22)28(7,8)9;14-12-5-1-10(2-6-12)9-11-3-7-13(15)8-4-11;1-5-9-6-7-10(8-9)11(2,3)4;;;/h13-17H,1-12H3;1-8H;7-9H,5H2,1-4H3;2*1H;/q;;;;;+2/p-2. The van der Waals surface area contributed by atoms with Crippen molar-refractivity contribution >= 4 is 26.4 Å². The third kappa shape index (κ3) is 9.66. The average Bonchev–Trinajstić information content (AvgIpc) is 3.65. The fraction of sp³-hybridized carbons (Fsp3) is 0.453. The van der Waals surface area contributed by atoms with Crippen LogP contribution in [0.5, 0.6) is 0 Å². The molecule has 0 aliphatic heterocycles. The van der Waals surface area contributed by atoms with E-state index < -0.39 is 21.3 Å². The molecule has 0 nitrogen and oxygen atoms in total. The average molecular weight is 936 g/mol. The van der Waals surface area contributed by atoms with Gasteiger partial charge < -0.3 is 24.8 Å². The second-order valence-corrected chi connectivity index (χ2v) is 28.7. The smallest absolute Gasteiger partial charge is 1.00 e. The van der Waals surface area contributed by atoms with Gasteiger partial charge in [0, 0.05) is 0 Å². The Labute approximate surface area is 382 Å². The molecule has 0 radical (unpaired) electrons. The zero-order valence-corrected chi connectivity index (χ0v) is 43.4. The maximum Gasteiger partial charge on any atom is -1.00 e. The summed E-state index contributed by atoms with van der Waals surface area (Å²) in [5.41, 5.74) is 15.8. The van der Waals surface area contributed by atoms with Gasteiger partial charge in [-0.05, 0) is 0 Å². The number of hydrogen-bond acceptors (Lipinski definition) is 0. The van der Waals surface area contributed by atoms with Crippen LogP contribution in [0.4, 0.5) is 0 Å². The summed E-state index contributed by atoms with van der Waals surface area (Å²) in [4.78, 5) is 0. The zero-order chi connectivity index (χ0) is 41.5. The maximum absolute atomic E-state index is 6.66. The summed E-state index contributed by atoms with van der Waals surface area (Å²) >= 11 is 10.2. The van der Waals surface area contributed by atoms with Gasteiger partial charge >= 0.3 is 361 Å². The molecule has 4 aromatic carbocycles. The summed E-state index contributed by atoms with van der Waals surface area (Å²) in [6.07, 6.45) is 6.39. The Morgan fingerprint density at radius 3 is 1.17 bits per heavy atom. The molecule has 0 N–H and O–H groups in total. The van der Waals surface area contributed by atoms with Crippen molar-refractivity contribution in [3.05, 3.63) is 148 Å². The van der Waals surface area contributed by atoms with Crippen LogP contribution in [0.2, 0.25) is 10.0 Å². The molecule has 5 heteroatoms. The van der Waals surface area contributed by atoms with Gasteiger partial charge in [-0.15, -0.1) is 0 Å². The molecule has 0 amide bonds. The van der Waals surface area contributed by atoms with Crippen LogP contribution in [0.3, 0.4) is 0 Å². The third-order valence-corrected chi connectivity index (χ3v) is 21.0. The number of allylic oxidation sites excluding steroid dienone is 4. The van der Waals surface area contributed by atoms with Crippen molar-refractivity contribution in [3.8, 4) is 11.1 Å². The molecule has 0 spiro atoms. The Kier molecular flexibility index (Phi) is 14.5. The van der Waals surface area contributed by atoms with Crippen molar-refractivity contribution in [2.45, 2.75) is 142 Å². The molecule has 6 rings (SSSR count). The molecule has 58 heavy (non-hydrogen) atoms. The van der Waals surface area contributed by atoms with Crippen LogP contribution in [0.25, 0.3) is 11.1 Å². The normalized spacial score (nSPS) is 15.7. The van der Waals surface area contributed by atoms with Gasteiger partial charge in [-0.2, -0.15) is 0 Å². The summed E-state index contributed by atoms with van der Waals surface area (Å²) in [6, 6.07) is 28.1. The van der Waals surface area contributed by atoms with E-state index in [1.807, 2.05) is 0 Å². The molecule has 1 atom stereocenters. The zero-order valence-electron chi connectivity index (χ0n) is 38.0. The van der Waals surface area contributed by atoms with Gasteiger partial charge in [0.15, 0.2) is 0 Å². The SMILES string of the molecule is CCC1C=C(C(C)(C)C)C=[C]1[Zr+2](=[C](c1ccc(Cl)cc1)c1ccc(Cl)cc1)[CH]1c2cc(C(C)(C)C)c(C(C)(C)C)cc2-c2cc(C(C)(C)C)c(C(C)(C)C)cc21.[Cl-].[Cl-]. The van der Waals surface area contributed by atoms with Crippen molar-refractivity contribution < 1.29 is 46.1 Å². The molecule has 4 aromatic rings. The molecule has 310 valence electrons. The van der Waals surface area contributed by atoms with Gasteiger partial charge in [-0.3, -0.25) is 0 Å². The quantitative estimate of drug-likeness (QED) is 0.187. The minimum Gasteiger partial charge on any atom is -1.00 e. The summed E-state index contributed by atoms with van der Waals surface area (Å²) in [7, 11) is 0. The van der Waals surface area contributed by atoms with E-state index in [0.29, 0.717) is 5.92 Å². The summed E-state index contributed by atoms with van der Waals surface area (Å²) in [5.74, 6) is 0.396. The van der Waals surface area contributed by atoms with E-state index in [9.17, 15) is 0 Å². The first-order valence-corrected chi connectivity index (χ1v) is 25.4. The number of hydrogen-bond donors (Lipinski definition) is 0. The van der Waals surface area contributed by atoms with Crippen LogP contribution in [0.1, 0.15) is 165 Å². The van der Waals surface area contributed by atoms with Crippen LogP contribution in [-0.2, 0) is 42.9 Å². The van der Waals surface area contributed by atoms with Crippen LogP contribution in [0, 0.1) is 11.3 Å². The van der Waals surface area contributed by atoms with Gasteiger partial charge in [0.2, 0.25) is 0 Å². The number of halogens is 4. The van der Waals surface area contributed by atoms with Crippen molar-refractivity contribution in [2.75, 3.05) is 0 Å². The molecule has 0 saturated heterocycles. The Morgan fingerprint density at radius 2 is 0.862 bits per heavy atom. The Balaban J connectivity index is 0.00000372. The maximum atomic E-state index is 6.66. The van der Waals surface area contributed by atoms with E-state index in [-0.39, 0.29) is 55.5 Å². The summed E-state index contributed by atoms with van der Waals surface area (Å²) in [5, 5.41) is 1.53. The predicted octanol–water partition coefficient (Wildman–Crippen LogP) is 10.0. The number of benzene rings is 4. The molecule has 0 fully saturated rings. The van der Waals surface area contributed by atoms with Gasteiger partial charge in [0.25, 0.3) is 0 Å². The van der Waals surface area contributed by atoms with Crippen LogP contribution in [0.15, 0.2) is 93.8 Å².